The fourth-order valence-electron chi connectivity index (χ4n) is 1.80. The van der Waals surface area contributed by atoms with Crippen molar-refractivity contribution in [2.75, 3.05) is 20.3 Å². The maximum atomic E-state index is 5.95. The first-order valence-corrected chi connectivity index (χ1v) is 8.94. The Labute approximate surface area is 145 Å². The summed E-state index contributed by atoms with van der Waals surface area (Å²) in [5.41, 5.74) is 1.14. The molecule has 2 rings (SSSR count). The van der Waals surface area contributed by atoms with Crippen LogP contribution in [0.2, 0.25) is 0 Å². The fraction of sp³-hybridized carbons (Fsp3) is 0.333. The molecule has 0 aliphatic heterocycles. The van der Waals surface area contributed by atoms with Gasteiger partial charge in [-0.05, 0) is 46.3 Å². The van der Waals surface area contributed by atoms with Gasteiger partial charge in [-0.25, -0.2) is 0 Å². The molecule has 1 aromatic heterocycles. The van der Waals surface area contributed by atoms with Crippen LogP contribution in [0.5, 0.6) is 5.75 Å². The average molecular weight is 435 g/mol. The van der Waals surface area contributed by atoms with Gasteiger partial charge in [0.2, 0.25) is 0 Å². The van der Waals surface area contributed by atoms with Gasteiger partial charge in [-0.1, -0.05) is 15.9 Å². The Morgan fingerprint density at radius 3 is 2.76 bits per heavy atom. The number of ether oxygens (including phenoxy) is 2. The molecule has 6 heteroatoms. The van der Waals surface area contributed by atoms with Gasteiger partial charge in [0.05, 0.1) is 10.4 Å². The molecule has 0 saturated heterocycles. The molecule has 0 atom stereocenters. The summed E-state index contributed by atoms with van der Waals surface area (Å²) in [4.78, 5) is 1.20. The van der Waals surface area contributed by atoms with E-state index in [4.69, 9.17) is 9.47 Å². The summed E-state index contributed by atoms with van der Waals surface area (Å²) >= 11 is 8.66. The lowest BCUT2D eigenvalue weighted by atomic mass is 10.2. The quantitative estimate of drug-likeness (QED) is 0.616. The van der Waals surface area contributed by atoms with E-state index < -0.39 is 0 Å². The molecule has 0 saturated carbocycles. The topological polar surface area (TPSA) is 30.5 Å². The lowest BCUT2D eigenvalue weighted by Gasteiger charge is -2.12. The molecule has 114 valence electrons. The van der Waals surface area contributed by atoms with Crippen LogP contribution in [0.1, 0.15) is 10.4 Å². The SMILES string of the molecule is COCCNCc1cc(Br)ccc1OCc1ccc(Br)s1. The maximum Gasteiger partial charge on any atom is 0.124 e. The van der Waals surface area contributed by atoms with E-state index in [9.17, 15) is 0 Å². The van der Waals surface area contributed by atoms with Gasteiger partial charge in [-0.3, -0.25) is 0 Å². The highest BCUT2D eigenvalue weighted by Gasteiger charge is 2.06. The minimum Gasteiger partial charge on any atom is -0.488 e. The molecule has 0 aliphatic carbocycles. The lowest BCUT2D eigenvalue weighted by molar-refractivity contribution is 0.199. The van der Waals surface area contributed by atoms with Gasteiger partial charge < -0.3 is 14.8 Å². The molecule has 3 nitrogen and oxygen atoms in total. The second-order valence-electron chi connectivity index (χ2n) is 4.42. The third kappa shape index (κ3) is 5.71. The van der Waals surface area contributed by atoms with Gasteiger partial charge in [0.25, 0.3) is 0 Å². The van der Waals surface area contributed by atoms with E-state index >= 15 is 0 Å². The minimum atomic E-state index is 0.586. The zero-order valence-electron chi connectivity index (χ0n) is 11.7. The summed E-state index contributed by atoms with van der Waals surface area (Å²) < 4.78 is 13.2. The van der Waals surface area contributed by atoms with Gasteiger partial charge in [-0.15, -0.1) is 11.3 Å². The molecule has 0 spiro atoms. The molecular weight excluding hydrogens is 418 g/mol. The molecular formula is C15H17Br2NO2S. The van der Waals surface area contributed by atoms with Gasteiger partial charge >= 0.3 is 0 Å². The number of thiophene rings is 1. The standard InChI is InChI=1S/C15H17Br2NO2S/c1-19-7-6-18-9-11-8-12(16)2-4-14(11)20-10-13-3-5-15(17)21-13/h2-5,8,18H,6-7,9-10H2,1H3. The maximum absolute atomic E-state index is 5.95. The summed E-state index contributed by atoms with van der Waals surface area (Å²) in [5, 5.41) is 3.34. The largest absolute Gasteiger partial charge is 0.488 e. The highest BCUT2D eigenvalue weighted by molar-refractivity contribution is 9.11. The number of hydrogen-bond donors (Lipinski definition) is 1. The van der Waals surface area contributed by atoms with E-state index in [-0.39, 0.29) is 0 Å². The smallest absolute Gasteiger partial charge is 0.124 e. The highest BCUT2D eigenvalue weighted by Crippen LogP contribution is 2.26. The Kier molecular flexibility index (Phi) is 7.19. The van der Waals surface area contributed by atoms with Crippen LogP contribution < -0.4 is 10.1 Å². The van der Waals surface area contributed by atoms with E-state index in [0.29, 0.717) is 13.2 Å². The van der Waals surface area contributed by atoms with E-state index in [2.05, 4.69) is 49.3 Å². The average Bonchev–Trinajstić information content (AvgIpc) is 2.88. The minimum absolute atomic E-state index is 0.586. The Morgan fingerprint density at radius 1 is 1.19 bits per heavy atom. The summed E-state index contributed by atoms with van der Waals surface area (Å²) in [7, 11) is 1.70. The van der Waals surface area contributed by atoms with Gasteiger partial charge in [-0.2, -0.15) is 0 Å². The van der Waals surface area contributed by atoms with Crippen LogP contribution in [-0.2, 0) is 17.9 Å². The molecule has 1 heterocycles. The van der Waals surface area contributed by atoms with E-state index in [0.717, 1.165) is 32.7 Å². The predicted molar refractivity (Wildman–Crippen MR) is 94.1 cm³/mol. The number of nitrogens with one attached hydrogen (secondary N) is 1. The normalized spacial score (nSPS) is 10.8. The number of rotatable bonds is 8. The molecule has 0 radical (unpaired) electrons. The van der Waals surface area contributed by atoms with Crippen molar-refractivity contribution in [2.24, 2.45) is 0 Å². The van der Waals surface area contributed by atoms with Crippen LogP contribution in [0.15, 0.2) is 38.6 Å². The summed E-state index contributed by atoms with van der Waals surface area (Å²) in [6, 6.07) is 10.2. The molecule has 0 unspecified atom stereocenters. The van der Waals surface area contributed by atoms with Crippen molar-refractivity contribution < 1.29 is 9.47 Å². The lowest BCUT2D eigenvalue weighted by Crippen LogP contribution is -2.19. The van der Waals surface area contributed by atoms with Crippen molar-refractivity contribution in [1.82, 2.24) is 5.32 Å². The first-order valence-electron chi connectivity index (χ1n) is 6.54. The van der Waals surface area contributed by atoms with E-state index in [1.165, 1.54) is 4.88 Å². The van der Waals surface area contributed by atoms with Crippen LogP contribution in [0.3, 0.4) is 0 Å². The van der Waals surface area contributed by atoms with Gasteiger partial charge in [0.15, 0.2) is 0 Å². The fourth-order valence-corrected chi connectivity index (χ4v) is 3.61. The first kappa shape index (κ1) is 17.0. The first-order chi connectivity index (χ1) is 10.2. The van der Waals surface area contributed by atoms with Crippen LogP contribution in [0.4, 0.5) is 0 Å². The Morgan fingerprint density at radius 2 is 2.05 bits per heavy atom. The van der Waals surface area contributed by atoms with Gasteiger partial charge in [0.1, 0.15) is 12.4 Å². The summed E-state index contributed by atoms with van der Waals surface area (Å²) in [6.07, 6.45) is 0. The van der Waals surface area contributed by atoms with Crippen LogP contribution >= 0.6 is 43.2 Å². The Bertz CT molecular complexity index is 575. The second kappa shape index (κ2) is 8.90. The van der Waals surface area contributed by atoms with Crippen molar-refractivity contribution >= 4 is 43.2 Å². The molecule has 1 aromatic carbocycles. The molecule has 0 amide bonds. The molecule has 1 N–H and O–H groups in total. The Balaban J connectivity index is 1.97. The third-order valence-corrected chi connectivity index (χ3v) is 4.91. The number of halogens is 2. The van der Waals surface area contributed by atoms with Crippen molar-refractivity contribution in [2.45, 2.75) is 13.2 Å². The summed E-state index contributed by atoms with van der Waals surface area (Å²) in [6.45, 7) is 2.86. The van der Waals surface area contributed by atoms with Crippen LogP contribution in [0.25, 0.3) is 0 Å². The Hall–Kier alpha value is -0.400. The van der Waals surface area contributed by atoms with Crippen molar-refractivity contribution in [3.63, 3.8) is 0 Å². The molecule has 21 heavy (non-hydrogen) atoms. The molecule has 0 bridgehead atoms. The molecule has 2 aromatic rings. The van der Waals surface area contributed by atoms with Crippen molar-refractivity contribution in [3.8, 4) is 5.75 Å². The monoisotopic (exact) mass is 433 g/mol. The third-order valence-electron chi connectivity index (χ3n) is 2.82. The number of hydrogen-bond acceptors (Lipinski definition) is 4. The van der Waals surface area contributed by atoms with Crippen molar-refractivity contribution in [3.05, 3.63) is 49.0 Å². The molecule has 0 aliphatic rings. The predicted octanol–water partition coefficient (Wildman–Crippen LogP) is 4.59. The second-order valence-corrected chi connectivity index (χ2v) is 7.88. The highest BCUT2D eigenvalue weighted by atomic mass is 79.9. The summed E-state index contributed by atoms with van der Waals surface area (Å²) in [5.74, 6) is 0.910. The van der Waals surface area contributed by atoms with E-state index in [1.807, 2.05) is 18.2 Å². The number of methoxy groups -OCH3 is 1. The van der Waals surface area contributed by atoms with Crippen LogP contribution in [0, 0.1) is 0 Å². The van der Waals surface area contributed by atoms with Crippen molar-refractivity contribution in [1.29, 1.82) is 0 Å². The van der Waals surface area contributed by atoms with Gasteiger partial charge in [0, 0.05) is 35.1 Å². The zero-order valence-corrected chi connectivity index (χ0v) is 15.7. The van der Waals surface area contributed by atoms with Crippen LogP contribution in [-0.4, -0.2) is 20.3 Å². The van der Waals surface area contributed by atoms with E-state index in [1.54, 1.807) is 18.4 Å². The zero-order chi connectivity index (χ0) is 15.1. The molecule has 0 fully saturated rings. The number of benzene rings is 1.